The lowest BCUT2D eigenvalue weighted by Gasteiger charge is -2.08. The summed E-state index contributed by atoms with van der Waals surface area (Å²) in [7, 11) is 0. The smallest absolute Gasteiger partial charge is 0.246 e. The van der Waals surface area contributed by atoms with Gasteiger partial charge in [-0.3, -0.25) is 4.79 Å². The van der Waals surface area contributed by atoms with E-state index in [1.54, 1.807) is 6.92 Å². The standard InChI is InChI=1S/C22H23N3O/c1-17(2)22(26)23-15-14-21-24-19-12-6-7-13-20(19)25(21)16-8-11-18-9-4-3-5-10-18/h3-13H,1,14-16H2,2H3,(H,23,26)/b11-8+. The largest absolute Gasteiger partial charge is 0.352 e. The summed E-state index contributed by atoms with van der Waals surface area (Å²) in [6.07, 6.45) is 4.92. The van der Waals surface area contributed by atoms with E-state index in [0.29, 0.717) is 18.5 Å². The van der Waals surface area contributed by atoms with Gasteiger partial charge in [-0.25, -0.2) is 4.98 Å². The molecule has 26 heavy (non-hydrogen) atoms. The number of imidazole rings is 1. The molecule has 0 unspecified atom stereocenters. The predicted octanol–water partition coefficient (Wildman–Crippen LogP) is 3.98. The van der Waals surface area contributed by atoms with Gasteiger partial charge in [0, 0.05) is 25.1 Å². The van der Waals surface area contributed by atoms with E-state index in [9.17, 15) is 4.79 Å². The van der Waals surface area contributed by atoms with E-state index in [4.69, 9.17) is 4.98 Å². The summed E-state index contributed by atoms with van der Waals surface area (Å²) >= 11 is 0. The first-order valence-electron chi connectivity index (χ1n) is 8.74. The van der Waals surface area contributed by atoms with Gasteiger partial charge in [0.1, 0.15) is 5.82 Å². The van der Waals surface area contributed by atoms with Crippen LogP contribution in [-0.2, 0) is 17.8 Å². The Labute approximate surface area is 153 Å². The lowest BCUT2D eigenvalue weighted by Crippen LogP contribution is -2.26. The number of carbonyl (C=O) groups is 1. The number of nitrogens with zero attached hydrogens (tertiary/aromatic N) is 2. The molecule has 1 amide bonds. The third-order valence-electron chi connectivity index (χ3n) is 4.15. The van der Waals surface area contributed by atoms with Gasteiger partial charge in [-0.05, 0) is 24.6 Å². The molecule has 3 rings (SSSR count). The number of hydrogen-bond donors (Lipinski definition) is 1. The number of rotatable bonds is 7. The van der Waals surface area contributed by atoms with Crippen LogP contribution in [0.15, 0.2) is 72.8 Å². The molecule has 2 aromatic carbocycles. The predicted molar refractivity (Wildman–Crippen MR) is 107 cm³/mol. The molecule has 0 radical (unpaired) electrons. The first-order valence-corrected chi connectivity index (χ1v) is 8.74. The average Bonchev–Trinajstić information content (AvgIpc) is 3.00. The molecule has 0 saturated heterocycles. The highest BCUT2D eigenvalue weighted by molar-refractivity contribution is 5.92. The molecule has 0 bridgehead atoms. The van der Waals surface area contributed by atoms with Gasteiger partial charge in [0.25, 0.3) is 0 Å². The highest BCUT2D eigenvalue weighted by atomic mass is 16.1. The van der Waals surface area contributed by atoms with Crippen LogP contribution in [0.4, 0.5) is 0 Å². The number of hydrogen-bond acceptors (Lipinski definition) is 2. The molecule has 1 N–H and O–H groups in total. The van der Waals surface area contributed by atoms with Crippen LogP contribution in [0.3, 0.4) is 0 Å². The molecular weight excluding hydrogens is 322 g/mol. The minimum atomic E-state index is -0.114. The SMILES string of the molecule is C=C(C)C(=O)NCCc1nc2ccccc2n1C/C=C/c1ccccc1. The number of fused-ring (bicyclic) bond motifs is 1. The Bertz CT molecular complexity index is 938. The maximum absolute atomic E-state index is 11.7. The van der Waals surface area contributed by atoms with E-state index in [1.807, 2.05) is 36.4 Å². The summed E-state index contributed by atoms with van der Waals surface area (Å²) in [4.78, 5) is 16.4. The monoisotopic (exact) mass is 345 g/mol. The van der Waals surface area contributed by atoms with Crippen molar-refractivity contribution in [3.63, 3.8) is 0 Å². The molecule has 132 valence electrons. The maximum Gasteiger partial charge on any atom is 0.246 e. The van der Waals surface area contributed by atoms with Crippen molar-refractivity contribution in [2.45, 2.75) is 19.9 Å². The molecule has 1 aromatic heterocycles. The minimum absolute atomic E-state index is 0.114. The summed E-state index contributed by atoms with van der Waals surface area (Å²) in [5.41, 5.74) is 3.77. The van der Waals surface area contributed by atoms with Crippen molar-refractivity contribution in [3.05, 3.63) is 84.2 Å². The Morgan fingerprint density at radius 2 is 1.88 bits per heavy atom. The normalized spacial score (nSPS) is 11.1. The Balaban J connectivity index is 1.77. The van der Waals surface area contributed by atoms with Crippen LogP contribution >= 0.6 is 0 Å². The molecule has 0 spiro atoms. The number of aromatic nitrogens is 2. The van der Waals surface area contributed by atoms with Gasteiger partial charge in [-0.15, -0.1) is 0 Å². The number of benzene rings is 2. The van der Waals surface area contributed by atoms with E-state index in [2.05, 4.69) is 46.8 Å². The fourth-order valence-corrected chi connectivity index (χ4v) is 2.82. The van der Waals surface area contributed by atoms with Crippen molar-refractivity contribution < 1.29 is 4.79 Å². The number of nitrogens with one attached hydrogen (secondary N) is 1. The van der Waals surface area contributed by atoms with Crippen LogP contribution in [0.5, 0.6) is 0 Å². The van der Waals surface area contributed by atoms with Gasteiger partial charge >= 0.3 is 0 Å². The lowest BCUT2D eigenvalue weighted by molar-refractivity contribution is -0.117. The third kappa shape index (κ3) is 4.28. The number of amides is 1. The zero-order valence-electron chi connectivity index (χ0n) is 15.0. The molecule has 0 saturated carbocycles. The second-order valence-corrected chi connectivity index (χ2v) is 6.23. The molecule has 0 aliphatic rings. The topological polar surface area (TPSA) is 46.9 Å². The maximum atomic E-state index is 11.7. The fraction of sp³-hybridized carbons (Fsp3) is 0.182. The van der Waals surface area contributed by atoms with Crippen molar-refractivity contribution in [3.8, 4) is 0 Å². The van der Waals surface area contributed by atoms with Crippen molar-refractivity contribution in [1.82, 2.24) is 14.9 Å². The lowest BCUT2D eigenvalue weighted by atomic mass is 10.2. The zero-order chi connectivity index (χ0) is 18.4. The molecule has 1 heterocycles. The second-order valence-electron chi connectivity index (χ2n) is 6.23. The van der Waals surface area contributed by atoms with Gasteiger partial charge in [-0.1, -0.05) is 61.2 Å². The van der Waals surface area contributed by atoms with Gasteiger partial charge in [0.15, 0.2) is 0 Å². The summed E-state index contributed by atoms with van der Waals surface area (Å²) in [6, 6.07) is 18.3. The molecule has 0 aliphatic carbocycles. The van der Waals surface area contributed by atoms with Crippen LogP contribution < -0.4 is 5.32 Å². The third-order valence-corrected chi connectivity index (χ3v) is 4.15. The van der Waals surface area contributed by atoms with E-state index < -0.39 is 0 Å². The first-order chi connectivity index (χ1) is 12.6. The first kappa shape index (κ1) is 17.7. The highest BCUT2D eigenvalue weighted by Gasteiger charge is 2.10. The molecular formula is C22H23N3O. The van der Waals surface area contributed by atoms with Crippen LogP contribution in [0.1, 0.15) is 18.3 Å². The van der Waals surface area contributed by atoms with Crippen molar-refractivity contribution in [2.75, 3.05) is 6.54 Å². The number of para-hydroxylation sites is 2. The minimum Gasteiger partial charge on any atom is -0.352 e. The summed E-state index contributed by atoms with van der Waals surface area (Å²) in [5.74, 6) is 0.850. The molecule has 3 aromatic rings. The van der Waals surface area contributed by atoms with Crippen molar-refractivity contribution >= 4 is 23.0 Å². The Morgan fingerprint density at radius 1 is 1.15 bits per heavy atom. The number of allylic oxidation sites excluding steroid dienone is 1. The Hall–Kier alpha value is -3.14. The van der Waals surface area contributed by atoms with Gasteiger partial charge in [0.05, 0.1) is 11.0 Å². The van der Waals surface area contributed by atoms with E-state index >= 15 is 0 Å². The Morgan fingerprint density at radius 3 is 2.65 bits per heavy atom. The van der Waals surface area contributed by atoms with Gasteiger partial charge in [0.2, 0.25) is 5.91 Å². The van der Waals surface area contributed by atoms with Crippen molar-refractivity contribution in [2.24, 2.45) is 0 Å². The molecule has 4 heteroatoms. The zero-order valence-corrected chi connectivity index (χ0v) is 15.0. The average molecular weight is 345 g/mol. The summed E-state index contributed by atoms with van der Waals surface area (Å²) in [5, 5.41) is 2.87. The van der Waals surface area contributed by atoms with Crippen LogP contribution in [0.2, 0.25) is 0 Å². The number of carbonyl (C=O) groups excluding carboxylic acids is 1. The molecule has 0 fully saturated rings. The van der Waals surface area contributed by atoms with Gasteiger partial charge < -0.3 is 9.88 Å². The second kappa shape index (κ2) is 8.30. The van der Waals surface area contributed by atoms with Crippen molar-refractivity contribution in [1.29, 1.82) is 0 Å². The van der Waals surface area contributed by atoms with E-state index in [-0.39, 0.29) is 5.91 Å². The fourth-order valence-electron chi connectivity index (χ4n) is 2.82. The highest BCUT2D eigenvalue weighted by Crippen LogP contribution is 2.17. The summed E-state index contributed by atoms with van der Waals surface area (Å²) in [6.45, 7) is 6.64. The van der Waals surface area contributed by atoms with E-state index in [1.165, 1.54) is 5.56 Å². The van der Waals surface area contributed by atoms with Crippen LogP contribution in [0.25, 0.3) is 17.1 Å². The van der Waals surface area contributed by atoms with E-state index in [0.717, 1.165) is 23.4 Å². The van der Waals surface area contributed by atoms with Gasteiger partial charge in [-0.2, -0.15) is 0 Å². The molecule has 0 atom stereocenters. The molecule has 0 aliphatic heterocycles. The summed E-state index contributed by atoms with van der Waals surface area (Å²) < 4.78 is 2.20. The van der Waals surface area contributed by atoms with Crippen LogP contribution in [0, 0.1) is 0 Å². The Kier molecular flexibility index (Phi) is 5.64. The quantitative estimate of drug-likeness (QED) is 0.658. The molecule has 4 nitrogen and oxygen atoms in total. The van der Waals surface area contributed by atoms with Crippen LogP contribution in [-0.4, -0.2) is 22.0 Å².